The van der Waals surface area contributed by atoms with E-state index in [0.717, 1.165) is 30.0 Å². The van der Waals surface area contributed by atoms with Crippen LogP contribution >= 0.6 is 0 Å². The monoisotopic (exact) mass is 377 g/mol. The minimum atomic E-state index is -1.19. The van der Waals surface area contributed by atoms with Gasteiger partial charge in [0.1, 0.15) is 5.56 Å². The van der Waals surface area contributed by atoms with Gasteiger partial charge in [-0.3, -0.25) is 19.3 Å². The molecule has 27 heavy (non-hydrogen) atoms. The number of nitrogens with one attached hydrogen (secondary N) is 2. The molecule has 0 bridgehead atoms. The summed E-state index contributed by atoms with van der Waals surface area (Å²) in [7, 11) is 0. The van der Waals surface area contributed by atoms with E-state index in [2.05, 4.69) is 26.9 Å². The fourth-order valence-electron chi connectivity index (χ4n) is 2.57. The zero-order valence-electron chi connectivity index (χ0n) is 15.0. The largest absolute Gasteiger partial charge is 0.494 e. The van der Waals surface area contributed by atoms with Gasteiger partial charge in [0.25, 0.3) is 5.56 Å². The van der Waals surface area contributed by atoms with Crippen molar-refractivity contribution in [2.75, 3.05) is 0 Å². The molecule has 146 valence electrons. The highest BCUT2D eigenvalue weighted by Gasteiger charge is 2.18. The SMILES string of the molecule is CCCCCCn1c(O)c(C=N[C@H](Cc2cnc[nH]2)C(=O)O)c(=O)[nH]c1=O. The number of H-pyrrole nitrogens is 2. The summed E-state index contributed by atoms with van der Waals surface area (Å²) in [5.74, 6) is -1.71. The normalized spacial score (nSPS) is 12.5. The van der Waals surface area contributed by atoms with E-state index in [0.29, 0.717) is 12.1 Å². The third-order valence-electron chi connectivity index (χ3n) is 4.08. The van der Waals surface area contributed by atoms with Crippen LogP contribution in [0.15, 0.2) is 27.1 Å². The quantitative estimate of drug-likeness (QED) is 0.352. The molecule has 0 fully saturated rings. The lowest BCUT2D eigenvalue weighted by molar-refractivity contribution is -0.138. The number of hydrogen-bond acceptors (Lipinski definition) is 6. The summed E-state index contributed by atoms with van der Waals surface area (Å²) in [6.45, 7) is 2.30. The predicted octanol–water partition coefficient (Wildman–Crippen LogP) is 0.660. The Kier molecular flexibility index (Phi) is 7.09. The fourth-order valence-corrected chi connectivity index (χ4v) is 2.57. The van der Waals surface area contributed by atoms with E-state index in [4.69, 9.17) is 0 Å². The molecule has 2 aromatic heterocycles. The highest BCUT2D eigenvalue weighted by Crippen LogP contribution is 2.11. The van der Waals surface area contributed by atoms with E-state index in [9.17, 15) is 24.6 Å². The van der Waals surface area contributed by atoms with E-state index >= 15 is 0 Å². The Labute approximate surface area is 154 Å². The molecule has 0 radical (unpaired) electrons. The zero-order chi connectivity index (χ0) is 19.8. The first-order valence-electron chi connectivity index (χ1n) is 8.73. The second-order valence-corrected chi connectivity index (χ2v) is 6.12. The molecule has 0 aliphatic heterocycles. The molecular weight excluding hydrogens is 354 g/mol. The van der Waals surface area contributed by atoms with Crippen LogP contribution in [0.3, 0.4) is 0 Å². The molecule has 10 nitrogen and oxygen atoms in total. The maximum atomic E-state index is 12.0. The van der Waals surface area contributed by atoms with Crippen LogP contribution < -0.4 is 11.2 Å². The zero-order valence-corrected chi connectivity index (χ0v) is 15.0. The molecule has 0 spiro atoms. The lowest BCUT2D eigenvalue weighted by Gasteiger charge is -2.10. The standard InChI is InChI=1S/C17H23N5O5/c1-2-3-4-5-6-22-15(24)12(14(23)21-17(22)27)9-19-13(16(25)26)7-11-8-18-10-20-11/h8-10,13,24H,2-7H2,1H3,(H,18,20)(H,25,26)(H,21,23,27)/t13-/m1/s1. The maximum Gasteiger partial charge on any atom is 0.331 e. The van der Waals surface area contributed by atoms with E-state index in [1.165, 1.54) is 12.5 Å². The van der Waals surface area contributed by atoms with Gasteiger partial charge in [-0.1, -0.05) is 26.2 Å². The average Bonchev–Trinajstić information content (AvgIpc) is 3.12. The Balaban J connectivity index is 2.25. The highest BCUT2D eigenvalue weighted by atomic mass is 16.4. The molecule has 10 heteroatoms. The van der Waals surface area contributed by atoms with Crippen molar-refractivity contribution in [3.8, 4) is 5.88 Å². The second-order valence-electron chi connectivity index (χ2n) is 6.12. The predicted molar refractivity (Wildman–Crippen MR) is 98.4 cm³/mol. The van der Waals surface area contributed by atoms with Crippen molar-refractivity contribution in [1.82, 2.24) is 19.5 Å². The first kappa shape index (κ1) is 20.1. The number of aromatic hydroxyl groups is 1. The second kappa shape index (κ2) is 9.51. The molecule has 0 aliphatic carbocycles. The summed E-state index contributed by atoms with van der Waals surface area (Å²) >= 11 is 0. The molecule has 0 aliphatic rings. The lowest BCUT2D eigenvalue weighted by atomic mass is 10.2. The summed E-state index contributed by atoms with van der Waals surface area (Å²) in [5.41, 5.74) is -1.21. The number of aliphatic carboxylic acids is 1. The van der Waals surface area contributed by atoms with Gasteiger partial charge >= 0.3 is 11.7 Å². The number of carboxylic acids is 1. The van der Waals surface area contributed by atoms with Crippen LogP contribution in [0.4, 0.5) is 0 Å². The van der Waals surface area contributed by atoms with Gasteiger partial charge in [-0.25, -0.2) is 14.6 Å². The van der Waals surface area contributed by atoms with E-state index < -0.39 is 29.1 Å². The Morgan fingerprint density at radius 2 is 2.15 bits per heavy atom. The Hall–Kier alpha value is -3.17. The molecule has 0 amide bonds. The summed E-state index contributed by atoms with van der Waals surface area (Å²) in [6.07, 6.45) is 7.51. The maximum absolute atomic E-state index is 12.0. The van der Waals surface area contributed by atoms with Gasteiger partial charge in [-0.15, -0.1) is 0 Å². The van der Waals surface area contributed by atoms with Gasteiger partial charge in [0.15, 0.2) is 6.04 Å². The van der Waals surface area contributed by atoms with Gasteiger partial charge in [0.05, 0.1) is 6.33 Å². The number of nitrogens with zero attached hydrogens (tertiary/aromatic N) is 3. The number of hydrogen-bond donors (Lipinski definition) is 4. The molecule has 0 unspecified atom stereocenters. The minimum Gasteiger partial charge on any atom is -0.494 e. The van der Waals surface area contributed by atoms with Crippen molar-refractivity contribution in [3.05, 3.63) is 44.6 Å². The van der Waals surface area contributed by atoms with Crippen LogP contribution in [0.25, 0.3) is 0 Å². The summed E-state index contributed by atoms with van der Waals surface area (Å²) in [6, 6.07) is -1.17. The molecule has 2 rings (SSSR count). The Morgan fingerprint density at radius 1 is 1.37 bits per heavy atom. The highest BCUT2D eigenvalue weighted by molar-refractivity contribution is 5.85. The minimum absolute atomic E-state index is 0.0428. The Morgan fingerprint density at radius 3 is 2.78 bits per heavy atom. The van der Waals surface area contributed by atoms with Crippen LogP contribution in [-0.2, 0) is 17.8 Å². The van der Waals surface area contributed by atoms with Crippen molar-refractivity contribution in [2.45, 2.75) is 51.6 Å². The third kappa shape index (κ3) is 5.40. The first-order chi connectivity index (χ1) is 12.9. The number of unbranched alkanes of at least 4 members (excludes halogenated alkanes) is 3. The number of aliphatic imine (C=N–C) groups is 1. The number of carboxylic acid groups (broad SMARTS) is 1. The summed E-state index contributed by atoms with van der Waals surface area (Å²) in [4.78, 5) is 47.9. The van der Waals surface area contributed by atoms with Crippen LogP contribution in [0.1, 0.15) is 43.9 Å². The molecular formula is C17H23N5O5. The average molecular weight is 377 g/mol. The lowest BCUT2D eigenvalue weighted by Crippen LogP contribution is -2.32. The van der Waals surface area contributed by atoms with E-state index in [-0.39, 0.29) is 18.5 Å². The number of aromatic nitrogens is 4. The topological polar surface area (TPSA) is 153 Å². The molecule has 1 atom stereocenters. The van der Waals surface area contributed by atoms with Gasteiger partial charge in [-0.2, -0.15) is 0 Å². The van der Waals surface area contributed by atoms with Gasteiger partial charge in [0, 0.05) is 31.1 Å². The smallest absolute Gasteiger partial charge is 0.331 e. The van der Waals surface area contributed by atoms with Crippen molar-refractivity contribution in [3.63, 3.8) is 0 Å². The molecule has 0 aromatic carbocycles. The van der Waals surface area contributed by atoms with Gasteiger partial charge < -0.3 is 15.2 Å². The van der Waals surface area contributed by atoms with E-state index in [1.54, 1.807) is 0 Å². The number of rotatable bonds is 10. The molecule has 4 N–H and O–H groups in total. The Bertz CT molecular complexity index is 897. The molecule has 2 aromatic rings. The van der Waals surface area contributed by atoms with Gasteiger partial charge in [0.2, 0.25) is 5.88 Å². The number of imidazole rings is 1. The summed E-state index contributed by atoms with van der Waals surface area (Å²) < 4.78 is 1.06. The van der Waals surface area contributed by atoms with Crippen molar-refractivity contribution in [2.24, 2.45) is 4.99 Å². The van der Waals surface area contributed by atoms with Crippen LogP contribution in [0, 0.1) is 0 Å². The number of aromatic amines is 2. The summed E-state index contributed by atoms with van der Waals surface area (Å²) in [5, 5.41) is 19.6. The molecule has 0 saturated carbocycles. The van der Waals surface area contributed by atoms with Crippen LogP contribution in [0.2, 0.25) is 0 Å². The van der Waals surface area contributed by atoms with Crippen molar-refractivity contribution >= 4 is 12.2 Å². The van der Waals surface area contributed by atoms with Crippen molar-refractivity contribution in [1.29, 1.82) is 0 Å². The molecule has 2 heterocycles. The van der Waals surface area contributed by atoms with Crippen molar-refractivity contribution < 1.29 is 15.0 Å². The third-order valence-corrected chi connectivity index (χ3v) is 4.08. The van der Waals surface area contributed by atoms with Gasteiger partial charge in [-0.05, 0) is 6.42 Å². The number of carbonyl (C=O) groups is 1. The fraction of sp³-hybridized carbons (Fsp3) is 0.471. The molecule has 0 saturated heterocycles. The van der Waals surface area contributed by atoms with Crippen LogP contribution in [-0.4, -0.2) is 48.0 Å². The van der Waals surface area contributed by atoms with Crippen LogP contribution in [0.5, 0.6) is 5.88 Å². The van der Waals surface area contributed by atoms with E-state index in [1.807, 2.05) is 0 Å². The first-order valence-corrected chi connectivity index (χ1v) is 8.73.